The summed E-state index contributed by atoms with van der Waals surface area (Å²) >= 11 is 1.33. The summed E-state index contributed by atoms with van der Waals surface area (Å²) in [7, 11) is 0. The standard InChI is InChI=1S/C22H21FN4O2S/c23-16-12-10-15(11-13-16)21(29)26-25-20(28)14-30-22-24-18-8-4-5-9-19(18)27(22)17-6-2-1-3-7-17/h1-3,6-7,10-13H,4-5,8-9,14H2,(H,25,28)(H,26,29). The van der Waals surface area contributed by atoms with Crippen LogP contribution in [0.2, 0.25) is 0 Å². The Bertz CT molecular complexity index is 1050. The lowest BCUT2D eigenvalue weighted by atomic mass is 10.0. The summed E-state index contributed by atoms with van der Waals surface area (Å²) in [5.74, 6) is -1.18. The maximum Gasteiger partial charge on any atom is 0.269 e. The lowest BCUT2D eigenvalue weighted by Gasteiger charge is -2.15. The number of fused-ring (bicyclic) bond motifs is 1. The van der Waals surface area contributed by atoms with Gasteiger partial charge in [0, 0.05) is 16.9 Å². The van der Waals surface area contributed by atoms with Crippen molar-refractivity contribution < 1.29 is 14.0 Å². The van der Waals surface area contributed by atoms with E-state index < -0.39 is 11.7 Å². The number of carbonyl (C=O) groups excluding carboxylic acids is 2. The molecule has 2 amide bonds. The Morgan fingerprint density at radius 3 is 2.50 bits per heavy atom. The van der Waals surface area contributed by atoms with Crippen LogP contribution in [0, 0.1) is 5.82 Å². The van der Waals surface area contributed by atoms with Gasteiger partial charge in [-0.1, -0.05) is 30.0 Å². The summed E-state index contributed by atoms with van der Waals surface area (Å²) in [5, 5.41) is 0.771. The molecule has 30 heavy (non-hydrogen) atoms. The summed E-state index contributed by atoms with van der Waals surface area (Å²) in [6.45, 7) is 0. The summed E-state index contributed by atoms with van der Waals surface area (Å²) in [5.41, 5.74) is 8.34. The second-order valence-corrected chi connectivity index (χ2v) is 7.91. The Kier molecular flexibility index (Phi) is 6.13. The Morgan fingerprint density at radius 1 is 1.00 bits per heavy atom. The highest BCUT2D eigenvalue weighted by Crippen LogP contribution is 2.30. The zero-order chi connectivity index (χ0) is 20.9. The summed E-state index contributed by atoms with van der Waals surface area (Å²) in [4.78, 5) is 29.1. The number of rotatable bonds is 5. The summed E-state index contributed by atoms with van der Waals surface area (Å²) in [6.07, 6.45) is 4.17. The zero-order valence-electron chi connectivity index (χ0n) is 16.2. The fourth-order valence-electron chi connectivity index (χ4n) is 3.42. The van der Waals surface area contributed by atoms with Crippen molar-refractivity contribution in [1.82, 2.24) is 20.4 Å². The van der Waals surface area contributed by atoms with Gasteiger partial charge in [-0.2, -0.15) is 0 Å². The molecule has 0 radical (unpaired) electrons. The Hall–Kier alpha value is -3.13. The van der Waals surface area contributed by atoms with Gasteiger partial charge >= 0.3 is 0 Å². The first-order chi connectivity index (χ1) is 14.6. The number of thioether (sulfide) groups is 1. The molecule has 2 N–H and O–H groups in total. The largest absolute Gasteiger partial charge is 0.292 e. The van der Waals surface area contributed by atoms with Gasteiger partial charge in [-0.3, -0.25) is 25.0 Å². The SMILES string of the molecule is O=C(CSc1nc2c(n1-c1ccccc1)CCCC2)NNC(=O)c1ccc(F)cc1. The number of amides is 2. The Balaban J connectivity index is 1.41. The van der Waals surface area contributed by atoms with E-state index in [2.05, 4.69) is 15.4 Å². The van der Waals surface area contributed by atoms with Crippen molar-refractivity contribution in [3.8, 4) is 5.69 Å². The number of imidazole rings is 1. The van der Waals surface area contributed by atoms with Crippen LogP contribution in [0.4, 0.5) is 4.39 Å². The number of nitrogens with one attached hydrogen (secondary N) is 2. The van der Waals surface area contributed by atoms with Crippen molar-refractivity contribution in [1.29, 1.82) is 0 Å². The minimum absolute atomic E-state index is 0.104. The molecule has 0 saturated heterocycles. The number of halogens is 1. The molecule has 1 heterocycles. The molecule has 3 aromatic rings. The number of para-hydroxylation sites is 1. The van der Waals surface area contributed by atoms with E-state index >= 15 is 0 Å². The number of hydrogen-bond donors (Lipinski definition) is 2. The molecule has 1 aliphatic carbocycles. The molecule has 0 bridgehead atoms. The quantitative estimate of drug-likeness (QED) is 0.486. The lowest BCUT2D eigenvalue weighted by molar-refractivity contribution is -0.119. The van der Waals surface area contributed by atoms with E-state index in [1.807, 2.05) is 30.3 Å². The van der Waals surface area contributed by atoms with Crippen LogP contribution >= 0.6 is 11.8 Å². The van der Waals surface area contributed by atoms with Gasteiger partial charge in [-0.05, 0) is 62.1 Å². The monoisotopic (exact) mass is 424 g/mol. The fourth-order valence-corrected chi connectivity index (χ4v) is 4.27. The van der Waals surface area contributed by atoms with E-state index in [-0.39, 0.29) is 17.2 Å². The predicted molar refractivity (Wildman–Crippen MR) is 113 cm³/mol. The van der Waals surface area contributed by atoms with Crippen LogP contribution in [0.25, 0.3) is 5.69 Å². The molecule has 0 fully saturated rings. The average molecular weight is 425 g/mol. The number of nitrogens with zero attached hydrogens (tertiary/aromatic N) is 2. The molecule has 1 aliphatic rings. The van der Waals surface area contributed by atoms with Crippen LogP contribution in [-0.2, 0) is 17.6 Å². The van der Waals surface area contributed by atoms with Gasteiger partial charge < -0.3 is 0 Å². The van der Waals surface area contributed by atoms with E-state index in [0.29, 0.717) is 0 Å². The first kappa shape index (κ1) is 20.2. The normalized spacial score (nSPS) is 12.8. The smallest absolute Gasteiger partial charge is 0.269 e. The van der Waals surface area contributed by atoms with E-state index in [1.165, 1.54) is 41.7 Å². The van der Waals surface area contributed by atoms with Crippen molar-refractivity contribution in [3.05, 3.63) is 77.4 Å². The number of benzene rings is 2. The molecule has 0 saturated carbocycles. The van der Waals surface area contributed by atoms with Crippen LogP contribution in [0.5, 0.6) is 0 Å². The molecule has 0 atom stereocenters. The van der Waals surface area contributed by atoms with Crippen LogP contribution in [0.15, 0.2) is 59.8 Å². The minimum Gasteiger partial charge on any atom is -0.292 e. The van der Waals surface area contributed by atoms with Crippen LogP contribution in [0.3, 0.4) is 0 Å². The van der Waals surface area contributed by atoms with Crippen molar-refractivity contribution in [2.24, 2.45) is 0 Å². The predicted octanol–water partition coefficient (Wildman–Crippen LogP) is 3.44. The summed E-state index contributed by atoms with van der Waals surface area (Å²) in [6, 6.07) is 15.1. The van der Waals surface area contributed by atoms with Gasteiger partial charge in [0.15, 0.2) is 5.16 Å². The lowest BCUT2D eigenvalue weighted by Crippen LogP contribution is -2.42. The number of hydrogen-bond acceptors (Lipinski definition) is 4. The maximum absolute atomic E-state index is 13.0. The molecule has 8 heteroatoms. The molecular weight excluding hydrogens is 403 g/mol. The number of carbonyl (C=O) groups is 2. The molecule has 0 unspecified atom stereocenters. The van der Waals surface area contributed by atoms with Crippen molar-refractivity contribution in [2.75, 3.05) is 5.75 Å². The first-order valence-electron chi connectivity index (χ1n) is 9.75. The van der Waals surface area contributed by atoms with E-state index in [9.17, 15) is 14.0 Å². The van der Waals surface area contributed by atoms with Gasteiger partial charge in [0.1, 0.15) is 5.82 Å². The molecule has 6 nitrogen and oxygen atoms in total. The van der Waals surface area contributed by atoms with Crippen molar-refractivity contribution in [3.63, 3.8) is 0 Å². The first-order valence-corrected chi connectivity index (χ1v) is 10.7. The number of aromatic nitrogens is 2. The zero-order valence-corrected chi connectivity index (χ0v) is 17.0. The highest BCUT2D eigenvalue weighted by Gasteiger charge is 2.22. The van der Waals surface area contributed by atoms with Gasteiger partial charge in [-0.15, -0.1) is 0 Å². The van der Waals surface area contributed by atoms with E-state index in [0.717, 1.165) is 42.2 Å². The molecule has 1 aromatic heterocycles. The van der Waals surface area contributed by atoms with E-state index in [4.69, 9.17) is 4.98 Å². The third-order valence-electron chi connectivity index (χ3n) is 4.87. The van der Waals surface area contributed by atoms with E-state index in [1.54, 1.807) is 0 Å². The topological polar surface area (TPSA) is 76.0 Å². The Morgan fingerprint density at radius 2 is 1.73 bits per heavy atom. The average Bonchev–Trinajstić information content (AvgIpc) is 3.15. The third-order valence-corrected chi connectivity index (χ3v) is 5.81. The summed E-state index contributed by atoms with van der Waals surface area (Å²) < 4.78 is 15.1. The van der Waals surface area contributed by atoms with Crippen LogP contribution < -0.4 is 10.9 Å². The third kappa shape index (κ3) is 4.54. The molecule has 154 valence electrons. The number of aryl methyl sites for hydroxylation is 1. The van der Waals surface area contributed by atoms with Crippen molar-refractivity contribution in [2.45, 2.75) is 30.8 Å². The molecular formula is C22H21FN4O2S. The Labute approximate surface area is 177 Å². The molecule has 0 aliphatic heterocycles. The molecule has 0 spiro atoms. The second-order valence-electron chi connectivity index (χ2n) is 6.96. The highest BCUT2D eigenvalue weighted by atomic mass is 32.2. The second kappa shape index (κ2) is 9.13. The molecule has 2 aromatic carbocycles. The van der Waals surface area contributed by atoms with Gasteiger partial charge in [0.2, 0.25) is 5.91 Å². The van der Waals surface area contributed by atoms with Gasteiger partial charge in [0.25, 0.3) is 5.91 Å². The minimum atomic E-state index is -0.505. The molecule has 4 rings (SSSR count). The van der Waals surface area contributed by atoms with Gasteiger partial charge in [-0.25, -0.2) is 9.37 Å². The fraction of sp³-hybridized carbons (Fsp3) is 0.227. The van der Waals surface area contributed by atoms with Crippen LogP contribution in [-0.4, -0.2) is 27.1 Å². The number of hydrazine groups is 1. The highest BCUT2D eigenvalue weighted by molar-refractivity contribution is 7.99. The maximum atomic E-state index is 13.0. The van der Waals surface area contributed by atoms with Crippen molar-refractivity contribution >= 4 is 23.6 Å². The van der Waals surface area contributed by atoms with Gasteiger partial charge in [0.05, 0.1) is 11.4 Å². The van der Waals surface area contributed by atoms with Crippen LogP contribution in [0.1, 0.15) is 34.6 Å².